The minimum Gasteiger partial charge on any atom is -0.497 e. The maximum Gasteiger partial charge on any atom is 0.147 e. The summed E-state index contributed by atoms with van der Waals surface area (Å²) in [5.41, 5.74) is 8.07. The number of fused-ring (bicyclic) bond motifs is 1. The van der Waals surface area contributed by atoms with E-state index in [1.807, 2.05) is 30.3 Å². The van der Waals surface area contributed by atoms with E-state index >= 15 is 0 Å². The van der Waals surface area contributed by atoms with Gasteiger partial charge in [0.25, 0.3) is 0 Å². The van der Waals surface area contributed by atoms with E-state index in [2.05, 4.69) is 10.3 Å². The van der Waals surface area contributed by atoms with Crippen LogP contribution in [0.25, 0.3) is 0 Å². The molecule has 102 valence electrons. The Kier molecular flexibility index (Phi) is 3.16. The number of methoxy groups -OCH3 is 1. The molecule has 0 saturated carbocycles. The van der Waals surface area contributed by atoms with Crippen molar-refractivity contribution in [1.29, 1.82) is 0 Å². The Morgan fingerprint density at radius 3 is 3.00 bits per heavy atom. The van der Waals surface area contributed by atoms with Crippen LogP contribution in [-0.4, -0.2) is 19.6 Å². The smallest absolute Gasteiger partial charge is 0.147 e. The van der Waals surface area contributed by atoms with Gasteiger partial charge in [0.1, 0.15) is 29.6 Å². The number of nitrogens with zero attached hydrogens (tertiary/aromatic N) is 1. The van der Waals surface area contributed by atoms with Crippen molar-refractivity contribution in [3.05, 3.63) is 42.5 Å². The summed E-state index contributed by atoms with van der Waals surface area (Å²) in [7, 11) is 1.64. The molecular formula is C15H15N3O2. The summed E-state index contributed by atoms with van der Waals surface area (Å²) in [4.78, 5) is 4.52. The first kappa shape index (κ1) is 12.3. The highest BCUT2D eigenvalue weighted by Gasteiger charge is 2.13. The van der Waals surface area contributed by atoms with E-state index in [-0.39, 0.29) is 0 Å². The zero-order valence-electron chi connectivity index (χ0n) is 11.1. The summed E-state index contributed by atoms with van der Waals surface area (Å²) in [6, 6.07) is 13.1. The molecule has 0 aliphatic carbocycles. The Hall–Kier alpha value is -2.69. The van der Waals surface area contributed by atoms with Crippen LogP contribution in [0.5, 0.6) is 11.5 Å². The number of rotatable bonds is 2. The highest BCUT2D eigenvalue weighted by atomic mass is 16.5. The SMILES string of the molecule is COc1cccc(NC2=Nc3ccc(N)cc3OC2)c1. The molecule has 1 heterocycles. The molecule has 0 unspecified atom stereocenters. The first-order valence-corrected chi connectivity index (χ1v) is 6.25. The van der Waals surface area contributed by atoms with Crippen LogP contribution < -0.4 is 20.5 Å². The van der Waals surface area contributed by atoms with Gasteiger partial charge in [-0.15, -0.1) is 0 Å². The lowest BCUT2D eigenvalue weighted by Crippen LogP contribution is -2.23. The van der Waals surface area contributed by atoms with Crippen molar-refractivity contribution < 1.29 is 9.47 Å². The highest BCUT2D eigenvalue weighted by molar-refractivity contribution is 5.99. The number of ether oxygens (including phenoxy) is 2. The summed E-state index contributed by atoms with van der Waals surface area (Å²) in [6.45, 7) is 0.383. The number of nitrogens with one attached hydrogen (secondary N) is 1. The normalized spacial score (nSPS) is 12.9. The number of amidine groups is 1. The van der Waals surface area contributed by atoms with Gasteiger partial charge in [0.2, 0.25) is 0 Å². The zero-order chi connectivity index (χ0) is 13.9. The van der Waals surface area contributed by atoms with E-state index in [0.717, 1.165) is 23.0 Å². The van der Waals surface area contributed by atoms with Crippen LogP contribution in [0, 0.1) is 0 Å². The first-order valence-electron chi connectivity index (χ1n) is 6.25. The lowest BCUT2D eigenvalue weighted by atomic mass is 10.2. The van der Waals surface area contributed by atoms with E-state index in [1.165, 1.54) is 0 Å². The van der Waals surface area contributed by atoms with Crippen molar-refractivity contribution >= 4 is 22.9 Å². The number of benzene rings is 2. The molecule has 2 aromatic carbocycles. The van der Waals surface area contributed by atoms with E-state index in [0.29, 0.717) is 18.0 Å². The second-order valence-electron chi connectivity index (χ2n) is 4.43. The molecule has 0 aromatic heterocycles. The molecule has 0 atom stereocenters. The monoisotopic (exact) mass is 269 g/mol. The van der Waals surface area contributed by atoms with Crippen LogP contribution in [0.15, 0.2) is 47.5 Å². The summed E-state index contributed by atoms with van der Waals surface area (Å²) in [5, 5.41) is 3.22. The predicted octanol–water partition coefficient (Wildman–Crippen LogP) is 2.81. The molecule has 0 spiro atoms. The summed E-state index contributed by atoms with van der Waals surface area (Å²) in [5.74, 6) is 2.25. The lowest BCUT2D eigenvalue weighted by molar-refractivity contribution is 0.372. The van der Waals surface area contributed by atoms with Gasteiger partial charge in [0.05, 0.1) is 7.11 Å². The summed E-state index contributed by atoms with van der Waals surface area (Å²) < 4.78 is 10.8. The van der Waals surface area contributed by atoms with Gasteiger partial charge in [-0.3, -0.25) is 0 Å². The molecule has 1 aliphatic rings. The summed E-state index contributed by atoms with van der Waals surface area (Å²) in [6.07, 6.45) is 0. The molecular weight excluding hydrogens is 254 g/mol. The number of aliphatic imine (C=N–C) groups is 1. The van der Waals surface area contributed by atoms with E-state index in [4.69, 9.17) is 15.2 Å². The average molecular weight is 269 g/mol. The van der Waals surface area contributed by atoms with Gasteiger partial charge < -0.3 is 20.5 Å². The topological polar surface area (TPSA) is 68.9 Å². The van der Waals surface area contributed by atoms with E-state index in [1.54, 1.807) is 19.2 Å². The van der Waals surface area contributed by atoms with Crippen LogP contribution in [0.1, 0.15) is 0 Å². The molecule has 5 heteroatoms. The molecule has 5 nitrogen and oxygen atoms in total. The van der Waals surface area contributed by atoms with Gasteiger partial charge in [-0.1, -0.05) is 6.07 Å². The van der Waals surface area contributed by atoms with Crippen molar-refractivity contribution in [1.82, 2.24) is 0 Å². The van der Waals surface area contributed by atoms with Gasteiger partial charge in [-0.2, -0.15) is 0 Å². The maximum absolute atomic E-state index is 5.71. The number of hydrogen-bond donors (Lipinski definition) is 2. The van der Waals surface area contributed by atoms with Crippen LogP contribution in [0.3, 0.4) is 0 Å². The summed E-state index contributed by atoms with van der Waals surface area (Å²) >= 11 is 0. The predicted molar refractivity (Wildman–Crippen MR) is 80.1 cm³/mol. The number of anilines is 2. The fraction of sp³-hybridized carbons (Fsp3) is 0.133. The van der Waals surface area contributed by atoms with Crippen molar-refractivity contribution in [3.63, 3.8) is 0 Å². The fourth-order valence-electron chi connectivity index (χ4n) is 1.99. The van der Waals surface area contributed by atoms with E-state index in [9.17, 15) is 0 Å². The molecule has 3 N–H and O–H groups in total. The molecule has 2 aromatic rings. The third-order valence-corrected chi connectivity index (χ3v) is 2.96. The Bertz CT molecular complexity index is 668. The van der Waals surface area contributed by atoms with Crippen LogP contribution >= 0.6 is 0 Å². The lowest BCUT2D eigenvalue weighted by Gasteiger charge is -2.18. The Balaban J connectivity index is 1.83. The van der Waals surface area contributed by atoms with Crippen LogP contribution in [-0.2, 0) is 0 Å². The number of nitrogen functional groups attached to an aromatic ring is 1. The van der Waals surface area contributed by atoms with Gasteiger partial charge in [-0.25, -0.2) is 4.99 Å². The molecule has 1 aliphatic heterocycles. The third-order valence-electron chi connectivity index (χ3n) is 2.96. The molecule has 0 fully saturated rings. The van der Waals surface area contributed by atoms with Crippen molar-refractivity contribution in [2.75, 3.05) is 24.8 Å². The Morgan fingerprint density at radius 2 is 2.15 bits per heavy atom. The fourth-order valence-corrected chi connectivity index (χ4v) is 1.99. The van der Waals surface area contributed by atoms with Crippen LogP contribution in [0.2, 0.25) is 0 Å². The van der Waals surface area contributed by atoms with Crippen LogP contribution in [0.4, 0.5) is 17.1 Å². The molecule has 0 bridgehead atoms. The first-order chi connectivity index (χ1) is 9.74. The standard InChI is InChI=1S/C15H15N3O2/c1-19-12-4-2-3-11(8-12)17-15-9-20-14-7-10(16)5-6-13(14)18-15/h2-8H,9,16H2,1H3,(H,17,18). The second kappa shape index (κ2) is 5.13. The minimum absolute atomic E-state index is 0.383. The van der Waals surface area contributed by atoms with Gasteiger partial charge in [0, 0.05) is 23.5 Å². The molecule has 3 rings (SSSR count). The Labute approximate surface area is 117 Å². The second-order valence-corrected chi connectivity index (χ2v) is 4.43. The quantitative estimate of drug-likeness (QED) is 0.822. The Morgan fingerprint density at radius 1 is 1.25 bits per heavy atom. The molecule has 0 radical (unpaired) electrons. The van der Waals surface area contributed by atoms with E-state index < -0.39 is 0 Å². The van der Waals surface area contributed by atoms with Gasteiger partial charge >= 0.3 is 0 Å². The number of hydrogen-bond acceptors (Lipinski definition) is 5. The van der Waals surface area contributed by atoms with Gasteiger partial charge in [-0.05, 0) is 24.3 Å². The minimum atomic E-state index is 0.383. The average Bonchev–Trinajstić information content (AvgIpc) is 2.47. The molecule has 0 saturated heterocycles. The van der Waals surface area contributed by atoms with Crippen molar-refractivity contribution in [3.8, 4) is 11.5 Å². The zero-order valence-corrected chi connectivity index (χ0v) is 11.1. The van der Waals surface area contributed by atoms with Gasteiger partial charge in [0.15, 0.2) is 0 Å². The maximum atomic E-state index is 5.71. The highest BCUT2D eigenvalue weighted by Crippen LogP contribution is 2.32. The van der Waals surface area contributed by atoms with Crippen molar-refractivity contribution in [2.45, 2.75) is 0 Å². The third kappa shape index (κ3) is 2.51. The van der Waals surface area contributed by atoms with Crippen molar-refractivity contribution in [2.24, 2.45) is 4.99 Å². The largest absolute Gasteiger partial charge is 0.497 e. The molecule has 0 amide bonds. The number of nitrogens with two attached hydrogens (primary N) is 1. The molecule has 20 heavy (non-hydrogen) atoms.